The number of nitrogens with one attached hydrogen (secondary N) is 1. The van der Waals surface area contributed by atoms with Crippen molar-refractivity contribution < 1.29 is 14.7 Å². The average molecular weight is 229 g/mol. The first-order chi connectivity index (χ1) is 7.09. The van der Waals surface area contributed by atoms with Gasteiger partial charge in [0.15, 0.2) is 0 Å². The third kappa shape index (κ3) is 3.95. The van der Waals surface area contributed by atoms with Crippen LogP contribution in [0.25, 0.3) is 0 Å². The van der Waals surface area contributed by atoms with Crippen molar-refractivity contribution in [3.8, 4) is 0 Å². The van der Waals surface area contributed by atoms with Crippen LogP contribution in [0.1, 0.15) is 16.9 Å². The van der Waals surface area contributed by atoms with Crippen molar-refractivity contribution in [3.05, 3.63) is 29.0 Å². The molecule has 1 rings (SSSR count). The van der Waals surface area contributed by atoms with E-state index in [1.165, 1.54) is 12.3 Å². The highest BCUT2D eigenvalue weighted by Gasteiger charge is 2.07. The Morgan fingerprint density at radius 3 is 2.87 bits per heavy atom. The highest BCUT2D eigenvalue weighted by molar-refractivity contribution is 6.30. The summed E-state index contributed by atoms with van der Waals surface area (Å²) in [6.07, 6.45) is 1.29. The van der Waals surface area contributed by atoms with E-state index in [9.17, 15) is 9.59 Å². The van der Waals surface area contributed by atoms with E-state index in [1.54, 1.807) is 6.07 Å². The van der Waals surface area contributed by atoms with Crippen LogP contribution in [0, 0.1) is 0 Å². The van der Waals surface area contributed by atoms with Crippen LogP contribution in [0.2, 0.25) is 5.02 Å². The minimum absolute atomic E-state index is 0.0718. The maximum absolute atomic E-state index is 11.4. The van der Waals surface area contributed by atoms with Gasteiger partial charge in [-0.05, 0) is 12.1 Å². The number of pyridine rings is 1. The van der Waals surface area contributed by atoms with Gasteiger partial charge < -0.3 is 10.4 Å². The number of carboxylic acid groups (broad SMARTS) is 1. The Morgan fingerprint density at radius 1 is 1.53 bits per heavy atom. The van der Waals surface area contributed by atoms with E-state index >= 15 is 0 Å². The quantitative estimate of drug-likeness (QED) is 0.804. The highest BCUT2D eigenvalue weighted by Crippen LogP contribution is 2.07. The molecule has 0 radical (unpaired) electrons. The van der Waals surface area contributed by atoms with Gasteiger partial charge in [-0.2, -0.15) is 0 Å². The Balaban J connectivity index is 2.50. The number of nitrogens with zero attached hydrogens (tertiary/aromatic N) is 1. The van der Waals surface area contributed by atoms with Crippen molar-refractivity contribution in [1.82, 2.24) is 10.3 Å². The largest absolute Gasteiger partial charge is 0.481 e. The van der Waals surface area contributed by atoms with Crippen LogP contribution in [0.3, 0.4) is 0 Å². The SMILES string of the molecule is O=C(O)CCNC(=O)c1cc(Cl)ccn1. The molecule has 0 fully saturated rings. The summed E-state index contributed by atoms with van der Waals surface area (Å²) >= 11 is 5.66. The summed E-state index contributed by atoms with van der Waals surface area (Å²) in [4.78, 5) is 25.3. The second-order valence-corrected chi connectivity index (χ2v) is 3.20. The minimum Gasteiger partial charge on any atom is -0.481 e. The number of rotatable bonds is 4. The van der Waals surface area contributed by atoms with Crippen LogP contribution < -0.4 is 5.32 Å². The molecule has 0 aliphatic heterocycles. The second kappa shape index (κ2) is 5.31. The standard InChI is InChI=1S/C9H9ClN2O3/c10-6-1-3-11-7(5-6)9(15)12-4-2-8(13)14/h1,3,5H,2,4H2,(H,12,15)(H,13,14). The topological polar surface area (TPSA) is 79.3 Å². The fourth-order valence-corrected chi connectivity index (χ4v) is 1.06. The number of carboxylic acids is 1. The molecule has 0 saturated carbocycles. The minimum atomic E-state index is -0.964. The van der Waals surface area contributed by atoms with Crippen molar-refractivity contribution in [2.75, 3.05) is 6.54 Å². The maximum atomic E-state index is 11.4. The zero-order valence-electron chi connectivity index (χ0n) is 7.74. The molecule has 0 atom stereocenters. The number of amides is 1. The Labute approximate surface area is 91.1 Å². The van der Waals surface area contributed by atoms with Crippen LogP contribution in [-0.4, -0.2) is 28.5 Å². The lowest BCUT2D eigenvalue weighted by Crippen LogP contribution is -2.26. The molecule has 0 aliphatic rings. The summed E-state index contributed by atoms with van der Waals surface area (Å²) in [6, 6.07) is 2.97. The lowest BCUT2D eigenvalue weighted by Gasteiger charge is -2.02. The maximum Gasteiger partial charge on any atom is 0.305 e. The fraction of sp³-hybridized carbons (Fsp3) is 0.222. The van der Waals surface area contributed by atoms with Crippen molar-refractivity contribution in [2.24, 2.45) is 0 Å². The molecule has 1 aromatic heterocycles. The molecule has 1 heterocycles. The first kappa shape index (κ1) is 11.5. The third-order valence-corrected chi connectivity index (χ3v) is 1.81. The number of aliphatic carboxylic acids is 1. The van der Waals surface area contributed by atoms with Gasteiger partial charge in [0.25, 0.3) is 5.91 Å². The molecule has 0 bridgehead atoms. The summed E-state index contributed by atoms with van der Waals surface area (Å²) in [5, 5.41) is 11.2. The van der Waals surface area contributed by atoms with Crippen molar-refractivity contribution in [3.63, 3.8) is 0 Å². The lowest BCUT2D eigenvalue weighted by molar-refractivity contribution is -0.136. The number of carbonyl (C=O) groups excluding carboxylic acids is 1. The molecule has 1 amide bonds. The van der Waals surface area contributed by atoms with Crippen molar-refractivity contribution >= 4 is 23.5 Å². The van der Waals surface area contributed by atoms with E-state index in [0.29, 0.717) is 5.02 Å². The van der Waals surface area contributed by atoms with Gasteiger partial charge in [-0.25, -0.2) is 0 Å². The summed E-state index contributed by atoms with van der Waals surface area (Å²) in [7, 11) is 0. The first-order valence-electron chi connectivity index (χ1n) is 4.21. The Morgan fingerprint density at radius 2 is 2.27 bits per heavy atom. The molecule has 0 saturated heterocycles. The zero-order valence-corrected chi connectivity index (χ0v) is 8.49. The number of hydrogen-bond acceptors (Lipinski definition) is 3. The van der Waals surface area contributed by atoms with Crippen molar-refractivity contribution in [1.29, 1.82) is 0 Å². The monoisotopic (exact) mass is 228 g/mol. The summed E-state index contributed by atoms with van der Waals surface area (Å²) in [5.74, 6) is -1.40. The van der Waals surface area contributed by atoms with E-state index < -0.39 is 11.9 Å². The lowest BCUT2D eigenvalue weighted by atomic mass is 10.3. The molecule has 6 heteroatoms. The van der Waals surface area contributed by atoms with Crippen LogP contribution in [0.5, 0.6) is 0 Å². The second-order valence-electron chi connectivity index (χ2n) is 2.76. The molecule has 0 aliphatic carbocycles. The van der Waals surface area contributed by atoms with Crippen LogP contribution >= 0.6 is 11.6 Å². The molecule has 5 nitrogen and oxygen atoms in total. The molecular weight excluding hydrogens is 220 g/mol. The molecule has 15 heavy (non-hydrogen) atoms. The zero-order chi connectivity index (χ0) is 11.3. The van der Waals surface area contributed by atoms with Crippen molar-refractivity contribution in [2.45, 2.75) is 6.42 Å². The Bertz CT molecular complexity index is 381. The van der Waals surface area contributed by atoms with Crippen LogP contribution in [0.4, 0.5) is 0 Å². The normalized spacial score (nSPS) is 9.67. The van der Waals surface area contributed by atoms with Gasteiger partial charge in [0, 0.05) is 17.8 Å². The summed E-state index contributed by atoms with van der Waals surface area (Å²) in [6.45, 7) is 0.0718. The molecule has 0 spiro atoms. The van der Waals surface area contributed by atoms with E-state index in [1.807, 2.05) is 0 Å². The number of carbonyl (C=O) groups is 2. The van der Waals surface area contributed by atoms with Crippen LogP contribution in [0.15, 0.2) is 18.3 Å². The highest BCUT2D eigenvalue weighted by atomic mass is 35.5. The molecule has 1 aromatic rings. The third-order valence-electron chi connectivity index (χ3n) is 1.58. The van der Waals surface area contributed by atoms with Gasteiger partial charge in [0.2, 0.25) is 0 Å². The van der Waals surface area contributed by atoms with E-state index in [-0.39, 0.29) is 18.7 Å². The number of aromatic nitrogens is 1. The summed E-state index contributed by atoms with van der Waals surface area (Å²) < 4.78 is 0. The van der Waals surface area contributed by atoms with Crippen LogP contribution in [-0.2, 0) is 4.79 Å². The predicted octanol–water partition coefficient (Wildman–Crippen LogP) is 0.940. The molecule has 0 unspecified atom stereocenters. The Kier molecular flexibility index (Phi) is 4.05. The molecule has 2 N–H and O–H groups in total. The van der Waals surface area contributed by atoms with Gasteiger partial charge in [-0.15, -0.1) is 0 Å². The van der Waals surface area contributed by atoms with E-state index in [2.05, 4.69) is 10.3 Å². The average Bonchev–Trinajstić information content (AvgIpc) is 2.17. The van der Waals surface area contributed by atoms with Gasteiger partial charge >= 0.3 is 5.97 Å². The molecular formula is C9H9ClN2O3. The van der Waals surface area contributed by atoms with E-state index in [4.69, 9.17) is 16.7 Å². The van der Waals surface area contributed by atoms with Gasteiger partial charge in [0.1, 0.15) is 5.69 Å². The number of halogens is 1. The first-order valence-corrected chi connectivity index (χ1v) is 4.59. The molecule has 0 aromatic carbocycles. The van der Waals surface area contributed by atoms with Gasteiger partial charge in [-0.3, -0.25) is 14.6 Å². The van der Waals surface area contributed by atoms with E-state index in [0.717, 1.165) is 0 Å². The Hall–Kier alpha value is -1.62. The summed E-state index contributed by atoms with van der Waals surface area (Å²) in [5.41, 5.74) is 0.174. The number of hydrogen-bond donors (Lipinski definition) is 2. The smallest absolute Gasteiger partial charge is 0.305 e. The fourth-order valence-electron chi connectivity index (χ4n) is 0.902. The van der Waals surface area contributed by atoms with Gasteiger partial charge in [-0.1, -0.05) is 11.6 Å². The predicted molar refractivity (Wildman–Crippen MR) is 53.8 cm³/mol. The molecule has 80 valence electrons. The van der Waals surface area contributed by atoms with Gasteiger partial charge in [0.05, 0.1) is 6.42 Å².